The first-order chi connectivity index (χ1) is 15.0. The van der Waals surface area contributed by atoms with Crippen LogP contribution in [-0.4, -0.2) is 13.9 Å². The van der Waals surface area contributed by atoms with E-state index < -0.39 is 0 Å². The Bertz CT molecular complexity index is 1330. The molecule has 31 heavy (non-hydrogen) atoms. The molecule has 0 spiro atoms. The molecule has 5 nitrogen and oxygen atoms in total. The van der Waals surface area contributed by atoms with Crippen molar-refractivity contribution in [2.75, 3.05) is 0 Å². The molecule has 0 fully saturated rings. The molecule has 0 amide bonds. The second kappa shape index (κ2) is 9.24. The predicted octanol–water partition coefficient (Wildman–Crippen LogP) is 5.81. The monoisotopic (exact) mass is 496 g/mol. The van der Waals surface area contributed by atoms with Gasteiger partial charge in [-0.2, -0.15) is 0 Å². The first-order valence-electron chi connectivity index (χ1n) is 10.3. The van der Waals surface area contributed by atoms with Crippen LogP contribution in [0.1, 0.15) is 25.5 Å². The third-order valence-corrected chi connectivity index (χ3v) is 6.97. The molecular weight excluding hydrogens is 472 g/mol. The molecular formula is C24H25BrN4OS. The maximum Gasteiger partial charge on any atom is 0.297 e. The first-order valence-corrected chi connectivity index (χ1v) is 12.0. The van der Waals surface area contributed by atoms with Gasteiger partial charge in [-0.3, -0.25) is 9.48 Å². The number of rotatable bonds is 6. The smallest absolute Gasteiger partial charge is 0.297 e. The largest absolute Gasteiger partial charge is 0.316 e. The van der Waals surface area contributed by atoms with Gasteiger partial charge in [0, 0.05) is 29.0 Å². The van der Waals surface area contributed by atoms with E-state index in [1.807, 2.05) is 67.2 Å². The molecule has 0 aliphatic carbocycles. The van der Waals surface area contributed by atoms with Crippen LogP contribution < -0.4 is 10.4 Å². The summed E-state index contributed by atoms with van der Waals surface area (Å²) >= 11 is 5.25. The third-order valence-electron chi connectivity index (χ3n) is 5.41. The highest BCUT2D eigenvalue weighted by atomic mass is 79.9. The average Bonchev–Trinajstić information content (AvgIpc) is 3.27. The highest BCUT2D eigenvalue weighted by Gasteiger charge is 2.17. The normalized spacial score (nSPS) is 11.9. The number of halogens is 1. The van der Waals surface area contributed by atoms with Crippen molar-refractivity contribution in [3.8, 4) is 16.9 Å². The number of hydrogen-bond acceptors (Lipinski definition) is 3. The van der Waals surface area contributed by atoms with Crippen molar-refractivity contribution in [2.24, 2.45) is 12.0 Å². The molecule has 0 aliphatic rings. The molecule has 0 unspecified atom stereocenters. The van der Waals surface area contributed by atoms with Crippen LogP contribution in [0, 0.1) is 6.92 Å². The minimum atomic E-state index is -0.107. The Labute approximate surface area is 194 Å². The van der Waals surface area contributed by atoms with Crippen molar-refractivity contribution >= 4 is 33.0 Å². The average molecular weight is 497 g/mol. The zero-order valence-electron chi connectivity index (χ0n) is 17.9. The van der Waals surface area contributed by atoms with Crippen LogP contribution in [0.3, 0.4) is 0 Å². The zero-order valence-corrected chi connectivity index (χ0v) is 20.3. The molecule has 0 N–H and O–H groups in total. The molecule has 0 saturated carbocycles. The summed E-state index contributed by atoms with van der Waals surface area (Å²) < 4.78 is 6.82. The van der Waals surface area contributed by atoms with Gasteiger partial charge in [0.15, 0.2) is 10.5 Å². The highest BCUT2D eigenvalue weighted by molar-refractivity contribution is 9.10. The number of thiazole rings is 1. The van der Waals surface area contributed by atoms with Gasteiger partial charge in [0.1, 0.15) is 0 Å². The van der Waals surface area contributed by atoms with Gasteiger partial charge in [-0.05, 0) is 31.5 Å². The molecule has 4 rings (SSSR count). The first kappa shape index (κ1) is 21.6. The number of hydrogen-bond donors (Lipinski definition) is 0. The number of para-hydroxylation sites is 1. The Balaban J connectivity index is 1.91. The van der Waals surface area contributed by atoms with E-state index in [-0.39, 0.29) is 5.56 Å². The maximum atomic E-state index is 13.3. The molecule has 0 radical (unpaired) electrons. The van der Waals surface area contributed by atoms with E-state index in [2.05, 4.69) is 38.9 Å². The minimum Gasteiger partial charge on any atom is -0.316 e. The van der Waals surface area contributed by atoms with Crippen molar-refractivity contribution in [3.05, 3.63) is 85.3 Å². The van der Waals surface area contributed by atoms with Gasteiger partial charge < -0.3 is 4.57 Å². The molecule has 0 saturated heterocycles. The van der Waals surface area contributed by atoms with Crippen LogP contribution >= 0.6 is 27.3 Å². The molecule has 7 heteroatoms. The third kappa shape index (κ3) is 4.12. The second-order valence-corrected chi connectivity index (χ2v) is 9.10. The molecule has 0 bridgehead atoms. The number of aromatic nitrogens is 3. The summed E-state index contributed by atoms with van der Waals surface area (Å²) in [6.07, 6.45) is 2.13. The van der Waals surface area contributed by atoms with Crippen molar-refractivity contribution in [1.29, 1.82) is 0 Å². The van der Waals surface area contributed by atoms with Gasteiger partial charge in [0.05, 0.1) is 17.1 Å². The predicted molar refractivity (Wildman–Crippen MR) is 131 cm³/mol. The van der Waals surface area contributed by atoms with Gasteiger partial charge in [-0.25, -0.2) is 9.67 Å². The molecule has 4 aromatic rings. The van der Waals surface area contributed by atoms with Crippen LogP contribution in [0.15, 0.2) is 74.2 Å². The zero-order chi connectivity index (χ0) is 22.0. The summed E-state index contributed by atoms with van der Waals surface area (Å²) in [5.41, 5.74) is 4.29. The van der Waals surface area contributed by atoms with Crippen LogP contribution in [0.2, 0.25) is 0 Å². The van der Waals surface area contributed by atoms with Crippen LogP contribution in [0.4, 0.5) is 5.69 Å². The summed E-state index contributed by atoms with van der Waals surface area (Å²) in [5.74, 6) is 0. The van der Waals surface area contributed by atoms with E-state index in [1.165, 1.54) is 0 Å². The van der Waals surface area contributed by atoms with E-state index in [4.69, 9.17) is 4.99 Å². The molecule has 2 heterocycles. The van der Waals surface area contributed by atoms with Gasteiger partial charge in [0.2, 0.25) is 0 Å². The van der Waals surface area contributed by atoms with Crippen molar-refractivity contribution in [1.82, 2.24) is 13.9 Å². The Morgan fingerprint density at radius 2 is 1.77 bits per heavy atom. The van der Waals surface area contributed by atoms with Crippen LogP contribution in [-0.2, 0) is 13.6 Å². The number of nitrogens with zero attached hydrogens (tertiary/aromatic N) is 4. The van der Waals surface area contributed by atoms with Crippen molar-refractivity contribution in [2.45, 2.75) is 33.2 Å². The summed E-state index contributed by atoms with van der Waals surface area (Å²) in [7, 11) is 1.90. The van der Waals surface area contributed by atoms with Gasteiger partial charge in [-0.15, -0.1) is 11.3 Å². The molecule has 0 aliphatic heterocycles. The van der Waals surface area contributed by atoms with Crippen LogP contribution in [0.5, 0.6) is 0 Å². The van der Waals surface area contributed by atoms with Gasteiger partial charge >= 0.3 is 0 Å². The topological polar surface area (TPSA) is 44.2 Å². The summed E-state index contributed by atoms with van der Waals surface area (Å²) in [5, 5.41) is 2.13. The number of unbranched alkanes of at least 4 members (excludes halogenated alkanes) is 1. The van der Waals surface area contributed by atoms with Crippen LogP contribution in [0.25, 0.3) is 16.9 Å². The lowest BCUT2D eigenvalue weighted by Crippen LogP contribution is -2.20. The standard InChI is InChI=1S/C24H25BrN4OS/c1-4-5-15-28-21(19-13-9-10-14-20(19)25)16-31-24(28)26-22-17(2)27(3)29(23(22)30)18-11-7-6-8-12-18/h6-14,16H,4-5,15H2,1-3H3. The van der Waals surface area contributed by atoms with E-state index in [1.54, 1.807) is 16.0 Å². The van der Waals surface area contributed by atoms with E-state index in [9.17, 15) is 4.79 Å². The molecule has 160 valence electrons. The second-order valence-electron chi connectivity index (χ2n) is 7.41. The Morgan fingerprint density at radius 1 is 1.06 bits per heavy atom. The summed E-state index contributed by atoms with van der Waals surface area (Å²) in [6, 6.07) is 17.9. The fourth-order valence-electron chi connectivity index (χ4n) is 3.61. The van der Waals surface area contributed by atoms with Crippen molar-refractivity contribution < 1.29 is 0 Å². The van der Waals surface area contributed by atoms with E-state index in [0.29, 0.717) is 5.69 Å². The minimum absolute atomic E-state index is 0.107. The fraction of sp³-hybridized carbons (Fsp3) is 0.250. The van der Waals surface area contributed by atoms with E-state index >= 15 is 0 Å². The SMILES string of the molecule is CCCCn1c(-c2ccccc2Br)csc1=Nc1c(C)n(C)n(-c2ccccc2)c1=O. The molecule has 2 aromatic carbocycles. The Hall–Kier alpha value is -2.64. The van der Waals surface area contributed by atoms with Crippen molar-refractivity contribution in [3.63, 3.8) is 0 Å². The molecule has 2 aromatic heterocycles. The van der Waals surface area contributed by atoms with Gasteiger partial charge in [0.25, 0.3) is 5.56 Å². The lowest BCUT2D eigenvalue weighted by atomic mass is 10.1. The maximum absolute atomic E-state index is 13.3. The Kier molecular flexibility index (Phi) is 6.43. The highest BCUT2D eigenvalue weighted by Crippen LogP contribution is 2.29. The van der Waals surface area contributed by atoms with E-state index in [0.717, 1.165) is 51.3 Å². The lowest BCUT2D eigenvalue weighted by Gasteiger charge is -2.10. The summed E-state index contributed by atoms with van der Waals surface area (Å²) in [4.78, 5) is 19.0. The molecule has 0 atom stereocenters. The number of benzene rings is 2. The quantitative estimate of drug-likeness (QED) is 0.332. The summed E-state index contributed by atoms with van der Waals surface area (Å²) in [6.45, 7) is 4.98. The van der Waals surface area contributed by atoms with Gasteiger partial charge in [-0.1, -0.05) is 65.7 Å². The Morgan fingerprint density at radius 3 is 2.48 bits per heavy atom. The lowest BCUT2D eigenvalue weighted by molar-refractivity contribution is 0.623. The fourth-order valence-corrected chi connectivity index (χ4v) is 5.03.